The highest BCUT2D eigenvalue weighted by atomic mass is 16.5. The molecular formula is C18H37NO3. The molecule has 0 bridgehead atoms. The smallest absolute Gasteiger partial charge is 0.252 e. The Hall–Kier alpha value is -0.610. The molecule has 4 heteroatoms. The third-order valence-electron chi connectivity index (χ3n) is 4.30. The van der Waals surface area contributed by atoms with E-state index in [-0.39, 0.29) is 0 Å². The molecule has 0 aromatic rings. The molecule has 2 unspecified atom stereocenters. The van der Waals surface area contributed by atoms with Gasteiger partial charge in [-0.1, -0.05) is 65.7 Å². The topological polar surface area (TPSA) is 72.5 Å². The fourth-order valence-corrected chi connectivity index (χ4v) is 2.76. The highest BCUT2D eigenvalue weighted by molar-refractivity contribution is 5.84. The van der Waals surface area contributed by atoms with E-state index >= 15 is 0 Å². The van der Waals surface area contributed by atoms with Gasteiger partial charge in [0.25, 0.3) is 5.91 Å². The first kappa shape index (κ1) is 21.4. The standard InChI is InChI=1S/C18H37NO3/c1-4-7-10-13-16(20)18(17(19)21,14-11-8-5-2)22-15-12-9-6-3/h16,20H,4-15H2,1-3H3,(H2,19,21). The average molecular weight is 315 g/mol. The normalized spacial score (nSPS) is 15.5. The molecule has 0 aliphatic rings. The maximum absolute atomic E-state index is 12.1. The Balaban J connectivity index is 4.81. The van der Waals surface area contributed by atoms with Gasteiger partial charge in [0.1, 0.15) is 0 Å². The molecule has 0 aliphatic heterocycles. The zero-order valence-corrected chi connectivity index (χ0v) is 14.9. The predicted molar refractivity (Wildman–Crippen MR) is 91.7 cm³/mol. The first-order valence-corrected chi connectivity index (χ1v) is 9.17. The summed E-state index contributed by atoms with van der Waals surface area (Å²) in [6, 6.07) is 0. The molecule has 22 heavy (non-hydrogen) atoms. The van der Waals surface area contributed by atoms with Gasteiger partial charge in [-0.05, 0) is 25.7 Å². The first-order valence-electron chi connectivity index (χ1n) is 9.17. The highest BCUT2D eigenvalue weighted by Gasteiger charge is 2.43. The van der Waals surface area contributed by atoms with Crippen molar-refractivity contribution in [1.82, 2.24) is 0 Å². The number of primary amides is 1. The quantitative estimate of drug-likeness (QED) is 0.450. The summed E-state index contributed by atoms with van der Waals surface area (Å²) in [6.45, 7) is 6.86. The van der Waals surface area contributed by atoms with Crippen molar-refractivity contribution in [3.05, 3.63) is 0 Å². The summed E-state index contributed by atoms with van der Waals surface area (Å²) < 4.78 is 5.91. The number of amides is 1. The average Bonchev–Trinajstić information content (AvgIpc) is 2.49. The summed E-state index contributed by atoms with van der Waals surface area (Å²) in [4.78, 5) is 12.1. The summed E-state index contributed by atoms with van der Waals surface area (Å²) >= 11 is 0. The molecule has 0 heterocycles. The van der Waals surface area contributed by atoms with Gasteiger partial charge in [-0.15, -0.1) is 0 Å². The van der Waals surface area contributed by atoms with E-state index in [1.165, 1.54) is 0 Å². The molecule has 0 radical (unpaired) electrons. The van der Waals surface area contributed by atoms with Gasteiger partial charge in [0, 0.05) is 6.61 Å². The van der Waals surface area contributed by atoms with Gasteiger partial charge in [-0.25, -0.2) is 0 Å². The molecule has 0 aliphatic carbocycles. The number of ether oxygens (including phenoxy) is 1. The van der Waals surface area contributed by atoms with Crippen LogP contribution in [0.2, 0.25) is 0 Å². The van der Waals surface area contributed by atoms with Crippen LogP contribution in [0.4, 0.5) is 0 Å². The van der Waals surface area contributed by atoms with Crippen LogP contribution >= 0.6 is 0 Å². The van der Waals surface area contributed by atoms with Gasteiger partial charge < -0.3 is 15.6 Å². The third kappa shape index (κ3) is 7.59. The van der Waals surface area contributed by atoms with Crippen molar-refractivity contribution in [1.29, 1.82) is 0 Å². The number of unbranched alkanes of at least 4 members (excludes halogenated alkanes) is 6. The van der Waals surface area contributed by atoms with Gasteiger partial charge in [0.15, 0.2) is 5.60 Å². The first-order chi connectivity index (χ1) is 10.5. The zero-order chi connectivity index (χ0) is 16.8. The molecule has 0 rings (SSSR count). The molecule has 0 saturated heterocycles. The molecule has 2 atom stereocenters. The lowest BCUT2D eigenvalue weighted by Crippen LogP contribution is -2.55. The van der Waals surface area contributed by atoms with Gasteiger partial charge in [0.05, 0.1) is 6.10 Å². The summed E-state index contributed by atoms with van der Waals surface area (Å²) in [5.74, 6) is -0.510. The van der Waals surface area contributed by atoms with Crippen molar-refractivity contribution in [2.45, 2.75) is 103 Å². The van der Waals surface area contributed by atoms with E-state index in [0.29, 0.717) is 19.4 Å². The van der Waals surface area contributed by atoms with Crippen molar-refractivity contribution in [3.63, 3.8) is 0 Å². The van der Waals surface area contributed by atoms with Crippen LogP contribution in [-0.2, 0) is 9.53 Å². The minimum atomic E-state index is -1.20. The van der Waals surface area contributed by atoms with Gasteiger partial charge in [-0.2, -0.15) is 0 Å². The van der Waals surface area contributed by atoms with E-state index < -0.39 is 17.6 Å². The van der Waals surface area contributed by atoms with E-state index in [2.05, 4.69) is 20.8 Å². The molecular weight excluding hydrogens is 278 g/mol. The fourth-order valence-electron chi connectivity index (χ4n) is 2.76. The molecule has 132 valence electrons. The van der Waals surface area contributed by atoms with Crippen LogP contribution in [-0.4, -0.2) is 29.3 Å². The Bertz CT molecular complexity index is 284. The number of rotatable bonds is 15. The summed E-state index contributed by atoms with van der Waals surface area (Å²) in [6.07, 6.45) is 9.36. The molecule has 3 N–H and O–H groups in total. The summed E-state index contributed by atoms with van der Waals surface area (Å²) in [5, 5.41) is 10.6. The minimum Gasteiger partial charge on any atom is -0.390 e. The Morgan fingerprint density at radius 3 is 2.09 bits per heavy atom. The number of hydrogen-bond donors (Lipinski definition) is 2. The number of aliphatic hydroxyl groups excluding tert-OH is 1. The lowest BCUT2D eigenvalue weighted by Gasteiger charge is -2.35. The van der Waals surface area contributed by atoms with E-state index in [4.69, 9.17) is 10.5 Å². The number of carbonyl (C=O) groups is 1. The van der Waals surface area contributed by atoms with Crippen LogP contribution in [0.1, 0.15) is 91.4 Å². The van der Waals surface area contributed by atoms with Gasteiger partial charge >= 0.3 is 0 Å². The zero-order valence-electron chi connectivity index (χ0n) is 14.9. The maximum Gasteiger partial charge on any atom is 0.252 e. The molecule has 4 nitrogen and oxygen atoms in total. The second-order valence-electron chi connectivity index (χ2n) is 6.28. The number of carbonyl (C=O) groups excluding carboxylic acids is 1. The predicted octanol–water partition coefficient (Wildman–Crippen LogP) is 3.94. The molecule has 0 saturated carbocycles. The number of hydrogen-bond acceptors (Lipinski definition) is 3. The largest absolute Gasteiger partial charge is 0.390 e. The second-order valence-corrected chi connectivity index (χ2v) is 6.28. The Morgan fingerprint density at radius 1 is 1.00 bits per heavy atom. The molecule has 0 aromatic carbocycles. The van der Waals surface area contributed by atoms with E-state index in [9.17, 15) is 9.90 Å². The molecule has 0 fully saturated rings. The van der Waals surface area contributed by atoms with Crippen LogP contribution in [0.3, 0.4) is 0 Å². The molecule has 1 amide bonds. The van der Waals surface area contributed by atoms with Crippen molar-refractivity contribution >= 4 is 5.91 Å². The highest BCUT2D eigenvalue weighted by Crippen LogP contribution is 2.28. The minimum absolute atomic E-state index is 0.494. The van der Waals surface area contributed by atoms with Crippen LogP contribution in [0, 0.1) is 0 Å². The van der Waals surface area contributed by atoms with E-state index in [1.54, 1.807) is 0 Å². The summed E-state index contributed by atoms with van der Waals surface area (Å²) in [7, 11) is 0. The summed E-state index contributed by atoms with van der Waals surface area (Å²) in [5.41, 5.74) is 4.45. The lowest BCUT2D eigenvalue weighted by atomic mass is 9.86. The lowest BCUT2D eigenvalue weighted by molar-refractivity contribution is -0.166. The van der Waals surface area contributed by atoms with Crippen molar-refractivity contribution < 1.29 is 14.6 Å². The van der Waals surface area contributed by atoms with Crippen LogP contribution in [0.25, 0.3) is 0 Å². The van der Waals surface area contributed by atoms with Gasteiger partial charge in [-0.3, -0.25) is 4.79 Å². The van der Waals surface area contributed by atoms with Crippen LogP contribution in [0.15, 0.2) is 0 Å². The number of nitrogens with two attached hydrogens (primary N) is 1. The van der Waals surface area contributed by atoms with E-state index in [0.717, 1.165) is 57.8 Å². The maximum atomic E-state index is 12.1. The van der Waals surface area contributed by atoms with Gasteiger partial charge in [0.2, 0.25) is 0 Å². The second kappa shape index (κ2) is 12.9. The third-order valence-corrected chi connectivity index (χ3v) is 4.30. The SMILES string of the molecule is CCCCCOC(CCCCC)(C(N)=O)C(O)CCCCC. The van der Waals surface area contributed by atoms with Crippen LogP contribution < -0.4 is 5.73 Å². The fraction of sp³-hybridized carbons (Fsp3) is 0.944. The van der Waals surface area contributed by atoms with Crippen molar-refractivity contribution in [3.8, 4) is 0 Å². The molecule has 0 aromatic heterocycles. The molecule has 0 spiro atoms. The van der Waals surface area contributed by atoms with E-state index in [1.807, 2.05) is 0 Å². The Labute approximate surface area is 136 Å². The Morgan fingerprint density at radius 2 is 1.55 bits per heavy atom. The Kier molecular flexibility index (Phi) is 12.5. The van der Waals surface area contributed by atoms with Crippen molar-refractivity contribution in [2.24, 2.45) is 5.73 Å². The monoisotopic (exact) mass is 315 g/mol. The van der Waals surface area contributed by atoms with Crippen molar-refractivity contribution in [2.75, 3.05) is 6.61 Å². The van der Waals surface area contributed by atoms with Crippen LogP contribution in [0.5, 0.6) is 0 Å². The number of aliphatic hydroxyl groups is 1.